The van der Waals surface area contributed by atoms with E-state index in [9.17, 15) is 9.59 Å². The van der Waals surface area contributed by atoms with E-state index in [4.69, 9.17) is 0 Å². The van der Waals surface area contributed by atoms with Crippen LogP contribution in [0.15, 0.2) is 30.9 Å². The normalized spacial score (nSPS) is 22.2. The topological polar surface area (TPSA) is 79.3 Å². The third kappa shape index (κ3) is 4.13. The molecule has 2 fully saturated rings. The van der Waals surface area contributed by atoms with Crippen molar-refractivity contribution in [2.24, 2.45) is 5.41 Å². The molecular weight excluding hydrogens is 366 g/mol. The number of likely N-dealkylation sites (tertiary alicyclic amines) is 2. The van der Waals surface area contributed by atoms with Crippen LogP contribution < -0.4 is 0 Å². The maximum atomic E-state index is 13.1. The van der Waals surface area contributed by atoms with Crippen molar-refractivity contribution in [1.82, 2.24) is 24.8 Å². The molecule has 0 aliphatic carbocycles. The first-order chi connectivity index (χ1) is 14.0. The molecule has 7 nitrogen and oxygen atoms in total. The molecule has 2 aliphatic rings. The van der Waals surface area contributed by atoms with E-state index in [1.807, 2.05) is 29.7 Å². The Morgan fingerprint density at radius 1 is 1.14 bits per heavy atom. The number of piperidine rings is 2. The SMILES string of the molecule is Cc1cnc(CN2C[C@]3(CCCN(C(=O)c4cnccc4C)C3)CCC2=O)cn1. The molecule has 1 atom stereocenters. The highest BCUT2D eigenvalue weighted by molar-refractivity contribution is 5.95. The van der Waals surface area contributed by atoms with Gasteiger partial charge in [0.25, 0.3) is 5.91 Å². The van der Waals surface area contributed by atoms with Crippen molar-refractivity contribution in [3.05, 3.63) is 53.4 Å². The molecule has 0 aromatic carbocycles. The predicted octanol–water partition coefficient (Wildman–Crippen LogP) is 2.53. The van der Waals surface area contributed by atoms with Crippen LogP contribution in [0.4, 0.5) is 0 Å². The van der Waals surface area contributed by atoms with Gasteiger partial charge in [0, 0.05) is 50.1 Å². The van der Waals surface area contributed by atoms with Crippen molar-refractivity contribution in [3.8, 4) is 0 Å². The molecule has 2 aliphatic heterocycles. The van der Waals surface area contributed by atoms with Gasteiger partial charge < -0.3 is 9.80 Å². The largest absolute Gasteiger partial charge is 0.338 e. The van der Waals surface area contributed by atoms with E-state index in [1.54, 1.807) is 24.8 Å². The molecule has 0 unspecified atom stereocenters. The Hall–Kier alpha value is -2.83. The van der Waals surface area contributed by atoms with Crippen molar-refractivity contribution >= 4 is 11.8 Å². The number of rotatable bonds is 3. The van der Waals surface area contributed by atoms with Gasteiger partial charge in [0.2, 0.25) is 5.91 Å². The molecule has 0 radical (unpaired) electrons. The van der Waals surface area contributed by atoms with Crippen molar-refractivity contribution in [2.75, 3.05) is 19.6 Å². The van der Waals surface area contributed by atoms with Crippen molar-refractivity contribution in [2.45, 2.75) is 46.1 Å². The summed E-state index contributed by atoms with van der Waals surface area (Å²) in [7, 11) is 0. The number of carbonyl (C=O) groups is 2. The van der Waals surface area contributed by atoms with E-state index < -0.39 is 0 Å². The van der Waals surface area contributed by atoms with E-state index >= 15 is 0 Å². The summed E-state index contributed by atoms with van der Waals surface area (Å²) in [5.74, 6) is 0.201. The first kappa shape index (κ1) is 19.5. The number of nitrogens with zero attached hydrogens (tertiary/aromatic N) is 5. The highest BCUT2D eigenvalue weighted by atomic mass is 16.2. The molecule has 152 valence electrons. The number of aromatic nitrogens is 3. The van der Waals surface area contributed by atoms with Gasteiger partial charge in [-0.3, -0.25) is 24.5 Å². The maximum Gasteiger partial charge on any atom is 0.255 e. The number of pyridine rings is 1. The lowest BCUT2D eigenvalue weighted by molar-refractivity contribution is -0.139. The van der Waals surface area contributed by atoms with Crippen LogP contribution in [0.25, 0.3) is 0 Å². The van der Waals surface area contributed by atoms with Crippen LogP contribution in [0, 0.1) is 19.3 Å². The van der Waals surface area contributed by atoms with Gasteiger partial charge in [-0.25, -0.2) is 0 Å². The molecule has 0 N–H and O–H groups in total. The van der Waals surface area contributed by atoms with Crippen molar-refractivity contribution in [1.29, 1.82) is 0 Å². The molecule has 0 saturated carbocycles. The fourth-order valence-corrected chi connectivity index (χ4v) is 4.52. The van der Waals surface area contributed by atoms with Crippen LogP contribution in [0.2, 0.25) is 0 Å². The number of carbonyl (C=O) groups excluding carboxylic acids is 2. The van der Waals surface area contributed by atoms with Gasteiger partial charge >= 0.3 is 0 Å². The fourth-order valence-electron chi connectivity index (χ4n) is 4.52. The summed E-state index contributed by atoms with van der Waals surface area (Å²) in [5, 5.41) is 0. The molecule has 2 saturated heterocycles. The fraction of sp³-hybridized carbons (Fsp3) is 0.500. The summed E-state index contributed by atoms with van der Waals surface area (Å²) < 4.78 is 0. The van der Waals surface area contributed by atoms with Crippen LogP contribution in [0.5, 0.6) is 0 Å². The van der Waals surface area contributed by atoms with Gasteiger partial charge in [-0.1, -0.05) is 0 Å². The molecule has 2 amide bonds. The highest BCUT2D eigenvalue weighted by Gasteiger charge is 2.43. The second-order valence-corrected chi connectivity index (χ2v) is 8.42. The Kier molecular flexibility index (Phi) is 5.30. The number of amides is 2. The minimum Gasteiger partial charge on any atom is -0.338 e. The average Bonchev–Trinajstić information content (AvgIpc) is 2.73. The molecule has 7 heteroatoms. The zero-order valence-corrected chi connectivity index (χ0v) is 17.1. The third-order valence-electron chi connectivity index (χ3n) is 6.15. The lowest BCUT2D eigenvalue weighted by Gasteiger charge is -2.48. The minimum absolute atomic E-state index is 0.0440. The summed E-state index contributed by atoms with van der Waals surface area (Å²) in [5.41, 5.74) is 3.24. The zero-order chi connectivity index (χ0) is 20.4. The Morgan fingerprint density at radius 2 is 2.00 bits per heavy atom. The highest BCUT2D eigenvalue weighted by Crippen LogP contribution is 2.39. The number of aryl methyl sites for hydroxylation is 2. The Morgan fingerprint density at radius 3 is 2.76 bits per heavy atom. The molecule has 1 spiro atoms. The van der Waals surface area contributed by atoms with Crippen LogP contribution in [-0.2, 0) is 11.3 Å². The molecule has 2 aromatic rings. The molecule has 0 bridgehead atoms. The van der Waals surface area contributed by atoms with Gasteiger partial charge in [-0.05, 0) is 44.7 Å². The predicted molar refractivity (Wildman–Crippen MR) is 108 cm³/mol. The van der Waals surface area contributed by atoms with Gasteiger partial charge in [0.15, 0.2) is 0 Å². The molecule has 4 rings (SSSR count). The van der Waals surface area contributed by atoms with Crippen LogP contribution in [0.3, 0.4) is 0 Å². The van der Waals surface area contributed by atoms with Gasteiger partial charge in [0.05, 0.1) is 29.7 Å². The van der Waals surface area contributed by atoms with Crippen molar-refractivity contribution < 1.29 is 9.59 Å². The molecular formula is C22H27N5O2. The maximum absolute atomic E-state index is 13.1. The van der Waals surface area contributed by atoms with Crippen molar-refractivity contribution in [3.63, 3.8) is 0 Å². The first-order valence-electron chi connectivity index (χ1n) is 10.2. The van der Waals surface area contributed by atoms with E-state index in [0.29, 0.717) is 31.6 Å². The summed E-state index contributed by atoms with van der Waals surface area (Å²) in [6.45, 7) is 6.42. The molecule has 2 aromatic heterocycles. The lowest BCUT2D eigenvalue weighted by atomic mass is 9.73. The number of hydrogen-bond acceptors (Lipinski definition) is 5. The Bertz CT molecular complexity index is 914. The monoisotopic (exact) mass is 393 g/mol. The average molecular weight is 393 g/mol. The van der Waals surface area contributed by atoms with Crippen LogP contribution >= 0.6 is 0 Å². The van der Waals surface area contributed by atoms with Gasteiger partial charge in [-0.2, -0.15) is 0 Å². The van der Waals surface area contributed by atoms with E-state index in [2.05, 4.69) is 15.0 Å². The Balaban J connectivity index is 1.49. The number of hydrogen-bond donors (Lipinski definition) is 0. The van der Waals surface area contributed by atoms with Crippen LogP contribution in [-0.4, -0.2) is 56.2 Å². The second-order valence-electron chi connectivity index (χ2n) is 8.42. The third-order valence-corrected chi connectivity index (χ3v) is 6.15. The van der Waals surface area contributed by atoms with E-state index in [-0.39, 0.29) is 17.2 Å². The molecule has 29 heavy (non-hydrogen) atoms. The van der Waals surface area contributed by atoms with E-state index in [1.165, 1.54) is 0 Å². The smallest absolute Gasteiger partial charge is 0.255 e. The standard InChI is InChI=1S/C22H27N5O2/c1-16-5-8-23-12-19(16)21(29)26-9-3-6-22(14-26)7-4-20(28)27(15-22)13-18-11-24-17(2)10-25-18/h5,8,10-12H,3-4,6-7,9,13-15H2,1-2H3/t22-/m1/s1. The lowest BCUT2D eigenvalue weighted by Crippen LogP contribution is -2.55. The van der Waals surface area contributed by atoms with E-state index in [0.717, 1.165) is 42.8 Å². The van der Waals surface area contributed by atoms with Gasteiger partial charge in [0.1, 0.15) is 0 Å². The zero-order valence-electron chi connectivity index (χ0n) is 17.1. The van der Waals surface area contributed by atoms with Gasteiger partial charge in [-0.15, -0.1) is 0 Å². The summed E-state index contributed by atoms with van der Waals surface area (Å²) in [6, 6.07) is 1.87. The Labute approximate surface area is 171 Å². The second kappa shape index (κ2) is 7.89. The first-order valence-corrected chi connectivity index (χ1v) is 10.2. The van der Waals surface area contributed by atoms with Crippen LogP contribution in [0.1, 0.15) is 53.0 Å². The quantitative estimate of drug-likeness (QED) is 0.801. The molecule has 4 heterocycles. The summed E-state index contributed by atoms with van der Waals surface area (Å²) >= 11 is 0. The summed E-state index contributed by atoms with van der Waals surface area (Å²) in [6.07, 6.45) is 10.2. The minimum atomic E-state index is -0.0456. The summed E-state index contributed by atoms with van der Waals surface area (Å²) in [4.78, 5) is 42.3.